The monoisotopic (exact) mass is 564 g/mol. The molecule has 0 aliphatic heterocycles. The van der Waals surface area contributed by atoms with E-state index in [0.29, 0.717) is 0 Å². The molecule has 0 radical (unpaired) electrons. The van der Waals surface area contributed by atoms with E-state index in [9.17, 15) is 16.8 Å². The average Bonchev–Trinajstić information content (AvgIpc) is 3.47. The Kier molecular flexibility index (Phi) is 14.2. The molecule has 0 fully saturated rings. The Morgan fingerprint density at radius 1 is 0.545 bits per heavy atom. The fraction of sp³-hybridized carbons (Fsp3) is 0.0833. The van der Waals surface area contributed by atoms with E-state index in [2.05, 4.69) is 0 Å². The maximum Gasteiger partial charge on any atom is 2.00 e. The Hall–Kier alpha value is -2.48. The predicted molar refractivity (Wildman–Crippen MR) is 127 cm³/mol. The van der Waals surface area contributed by atoms with Gasteiger partial charge in [-0.05, 0) is 48.5 Å². The van der Waals surface area contributed by atoms with Crippen LogP contribution in [-0.4, -0.2) is 39.6 Å². The number of sulfone groups is 2. The molecule has 0 amide bonds. The Bertz CT molecular complexity index is 1060. The molecule has 0 spiro atoms. The van der Waals surface area contributed by atoms with Gasteiger partial charge >= 0.3 is 26.2 Å². The van der Waals surface area contributed by atoms with Crippen LogP contribution in [0.25, 0.3) is 0 Å². The summed E-state index contributed by atoms with van der Waals surface area (Å²) in [5.74, 6) is 0.134. The largest absolute Gasteiger partial charge is 2.00 e. The van der Waals surface area contributed by atoms with Gasteiger partial charge in [0.2, 0.25) is 0 Å². The minimum Gasteiger partial charge on any atom is -0.508 e. The van der Waals surface area contributed by atoms with Crippen molar-refractivity contribution in [2.45, 2.75) is 9.79 Å². The van der Waals surface area contributed by atoms with Crippen LogP contribution in [-0.2, 0) is 45.9 Å². The van der Waals surface area contributed by atoms with Crippen LogP contribution in [0.1, 0.15) is 0 Å². The van der Waals surface area contributed by atoms with Crippen LogP contribution < -0.4 is 0 Å². The molecular weight excluding hydrogens is 540 g/mol. The Morgan fingerprint density at radius 2 is 0.788 bits per heavy atom. The summed E-state index contributed by atoms with van der Waals surface area (Å²) in [6.07, 6.45) is 2.25. The summed E-state index contributed by atoms with van der Waals surface area (Å²) in [5, 5.41) is 17.7. The van der Waals surface area contributed by atoms with Crippen LogP contribution in [0, 0.1) is 0 Å². The zero-order valence-electron chi connectivity index (χ0n) is 18.2. The molecular formula is C24H26O6S2Zr. The van der Waals surface area contributed by atoms with Crippen molar-refractivity contribution in [1.82, 2.24) is 0 Å². The molecule has 4 rings (SSSR count). The van der Waals surface area contributed by atoms with Crippen LogP contribution >= 0.6 is 0 Å². The van der Waals surface area contributed by atoms with Crippen molar-refractivity contribution >= 4 is 19.7 Å². The molecule has 0 bridgehead atoms. The molecule has 174 valence electrons. The summed E-state index contributed by atoms with van der Waals surface area (Å²) in [5.41, 5.74) is 0. The summed E-state index contributed by atoms with van der Waals surface area (Å²) in [4.78, 5) is 0.436. The van der Waals surface area contributed by atoms with Crippen LogP contribution in [0.4, 0.5) is 0 Å². The molecule has 0 aromatic heterocycles. The van der Waals surface area contributed by atoms with E-state index in [1.165, 1.54) is 48.5 Å². The number of benzene rings is 2. The topological polar surface area (TPSA) is 109 Å². The Labute approximate surface area is 214 Å². The van der Waals surface area contributed by atoms with E-state index >= 15 is 0 Å². The second-order valence-electron chi connectivity index (χ2n) is 6.46. The summed E-state index contributed by atoms with van der Waals surface area (Å²) < 4.78 is 43.5. The third kappa shape index (κ3) is 14.3. The molecule has 0 atom stereocenters. The van der Waals surface area contributed by atoms with Gasteiger partial charge in [-0.15, -0.1) is 0 Å². The Morgan fingerprint density at radius 3 is 0.939 bits per heavy atom. The predicted octanol–water partition coefficient (Wildman–Crippen LogP) is 4.40. The van der Waals surface area contributed by atoms with Gasteiger partial charge in [-0.1, -0.05) is 0 Å². The first kappa shape index (κ1) is 30.5. The van der Waals surface area contributed by atoms with Crippen molar-refractivity contribution in [2.24, 2.45) is 0 Å². The standard InChI is InChI=1S/2C7H8O3S.2C5H5.Zr/c2*1-11(9,10)7-4-2-6(8)3-5-7;2*1-2-4-5-3-1;/h2*2-5,8H,1H3;2*1-5H;/q;;2*-1;+2. The first-order chi connectivity index (χ1) is 15.0. The van der Waals surface area contributed by atoms with Gasteiger partial charge in [-0.25, -0.2) is 41.1 Å². The van der Waals surface area contributed by atoms with E-state index in [1.54, 1.807) is 0 Å². The zero-order chi connectivity index (χ0) is 24.0. The second kappa shape index (κ2) is 15.4. The summed E-state index contributed by atoms with van der Waals surface area (Å²) in [6.45, 7) is 0. The Balaban J connectivity index is 0.000000434. The van der Waals surface area contributed by atoms with Crippen LogP contribution in [0.15, 0.2) is 119 Å². The van der Waals surface area contributed by atoms with E-state index in [0.717, 1.165) is 12.5 Å². The third-order valence-corrected chi connectivity index (χ3v) is 5.90. The van der Waals surface area contributed by atoms with Gasteiger partial charge in [0, 0.05) is 12.5 Å². The van der Waals surface area contributed by atoms with E-state index in [4.69, 9.17) is 10.2 Å². The summed E-state index contributed by atoms with van der Waals surface area (Å²) >= 11 is 0. The summed E-state index contributed by atoms with van der Waals surface area (Å²) in [7, 11) is -6.26. The number of phenolic OH excluding ortho intramolecular Hbond substituents is 2. The fourth-order valence-electron chi connectivity index (χ4n) is 2.03. The number of hydrogen-bond donors (Lipinski definition) is 2. The molecule has 2 N–H and O–H groups in total. The molecule has 0 aliphatic rings. The maximum absolute atomic E-state index is 10.9. The molecule has 4 aromatic rings. The molecule has 0 heterocycles. The van der Waals surface area contributed by atoms with Gasteiger partial charge in [0.25, 0.3) is 0 Å². The first-order valence-corrected chi connectivity index (χ1v) is 13.1. The van der Waals surface area contributed by atoms with Crippen molar-refractivity contribution in [1.29, 1.82) is 0 Å². The number of aromatic hydroxyl groups is 2. The SMILES string of the molecule is CS(=O)(=O)c1ccc(O)cc1.CS(=O)(=O)c1ccc(O)cc1.[Zr+2].c1cc[cH-]c1.c1cc[cH-]c1. The summed E-state index contributed by atoms with van der Waals surface area (Å²) in [6, 6.07) is 30.8. The van der Waals surface area contributed by atoms with Gasteiger partial charge in [-0.3, -0.25) is 0 Å². The third-order valence-electron chi connectivity index (χ3n) is 3.64. The first-order valence-electron chi connectivity index (χ1n) is 9.31. The van der Waals surface area contributed by atoms with Crippen molar-refractivity contribution in [3.05, 3.63) is 109 Å². The molecule has 0 saturated heterocycles. The van der Waals surface area contributed by atoms with Gasteiger partial charge in [0.1, 0.15) is 11.5 Å². The van der Waals surface area contributed by atoms with Crippen LogP contribution in [0.5, 0.6) is 11.5 Å². The number of hydrogen-bond acceptors (Lipinski definition) is 6. The molecule has 9 heteroatoms. The second-order valence-corrected chi connectivity index (χ2v) is 10.5. The van der Waals surface area contributed by atoms with Gasteiger partial charge < -0.3 is 10.2 Å². The van der Waals surface area contributed by atoms with Gasteiger partial charge in [0.05, 0.1) is 9.79 Å². The normalized spacial score (nSPS) is 10.0. The molecule has 0 unspecified atom stereocenters. The van der Waals surface area contributed by atoms with Gasteiger partial charge in [-0.2, -0.15) is 36.4 Å². The van der Waals surface area contributed by atoms with Crippen molar-refractivity contribution in [3.63, 3.8) is 0 Å². The fourth-order valence-corrected chi connectivity index (χ4v) is 3.29. The van der Waals surface area contributed by atoms with E-state index in [1.807, 2.05) is 60.7 Å². The molecule has 0 saturated carbocycles. The molecule has 6 nitrogen and oxygen atoms in total. The maximum atomic E-state index is 10.9. The zero-order valence-corrected chi connectivity index (χ0v) is 22.3. The van der Waals surface area contributed by atoms with E-state index < -0.39 is 19.7 Å². The average molecular weight is 566 g/mol. The molecule has 4 aromatic carbocycles. The van der Waals surface area contributed by atoms with Crippen LogP contribution in [0.2, 0.25) is 0 Å². The van der Waals surface area contributed by atoms with Crippen molar-refractivity contribution in [2.75, 3.05) is 12.5 Å². The van der Waals surface area contributed by atoms with Gasteiger partial charge in [0.15, 0.2) is 19.7 Å². The number of rotatable bonds is 2. The molecule has 33 heavy (non-hydrogen) atoms. The van der Waals surface area contributed by atoms with Crippen molar-refractivity contribution < 1.29 is 53.3 Å². The smallest absolute Gasteiger partial charge is 0.508 e. The minimum atomic E-state index is -3.13. The minimum absolute atomic E-state index is 0. The van der Waals surface area contributed by atoms with Crippen molar-refractivity contribution in [3.8, 4) is 11.5 Å². The van der Waals surface area contributed by atoms with E-state index in [-0.39, 0.29) is 47.5 Å². The number of phenols is 2. The van der Waals surface area contributed by atoms with Crippen LogP contribution in [0.3, 0.4) is 0 Å². The molecule has 0 aliphatic carbocycles. The quantitative estimate of drug-likeness (QED) is 0.349.